The van der Waals surface area contributed by atoms with Gasteiger partial charge in [0.25, 0.3) is 5.91 Å². The monoisotopic (exact) mass is 307 g/mol. The second-order valence-corrected chi connectivity index (χ2v) is 5.21. The van der Waals surface area contributed by atoms with Crippen LogP contribution in [0.3, 0.4) is 0 Å². The molecule has 0 saturated heterocycles. The molecule has 2 rings (SSSR count). The van der Waals surface area contributed by atoms with Crippen molar-refractivity contribution in [1.82, 2.24) is 4.90 Å². The van der Waals surface area contributed by atoms with Crippen molar-refractivity contribution in [1.29, 1.82) is 0 Å². The summed E-state index contributed by atoms with van der Waals surface area (Å²) in [6.45, 7) is 1.82. The molecule has 0 aliphatic rings. The minimum atomic E-state index is -0.741. The van der Waals surface area contributed by atoms with E-state index < -0.39 is 11.7 Å². The number of nitrogens with zero attached hydrogens (tertiary/aromatic N) is 1. The molecule has 0 aliphatic carbocycles. The van der Waals surface area contributed by atoms with E-state index in [1.165, 1.54) is 17.0 Å². The largest absolute Gasteiger partial charge is 0.507 e. The fourth-order valence-corrected chi connectivity index (χ4v) is 2.17. The van der Waals surface area contributed by atoms with Crippen molar-refractivity contribution in [2.24, 2.45) is 0 Å². The zero-order valence-corrected chi connectivity index (χ0v) is 12.4. The van der Waals surface area contributed by atoms with Crippen LogP contribution in [0.15, 0.2) is 42.5 Å². The Morgan fingerprint density at radius 2 is 1.86 bits per heavy atom. The lowest BCUT2D eigenvalue weighted by Crippen LogP contribution is -2.30. The Kier molecular flexibility index (Phi) is 4.48. The van der Waals surface area contributed by atoms with Crippen molar-refractivity contribution in [2.45, 2.75) is 13.0 Å². The third kappa shape index (κ3) is 3.16. The third-order valence-corrected chi connectivity index (χ3v) is 3.71. The summed E-state index contributed by atoms with van der Waals surface area (Å²) in [5.41, 5.74) is 0.548. The first-order chi connectivity index (χ1) is 9.91. The maximum Gasteiger partial charge on any atom is 0.260 e. The van der Waals surface area contributed by atoms with Crippen LogP contribution in [0.5, 0.6) is 5.75 Å². The molecule has 5 heteroatoms. The highest BCUT2D eigenvalue weighted by Crippen LogP contribution is 2.26. The Morgan fingerprint density at radius 1 is 1.24 bits per heavy atom. The normalized spacial score (nSPS) is 12.0. The molecule has 0 fully saturated rings. The van der Waals surface area contributed by atoms with E-state index in [1.807, 2.05) is 6.92 Å². The van der Waals surface area contributed by atoms with Crippen molar-refractivity contribution in [2.75, 3.05) is 7.05 Å². The van der Waals surface area contributed by atoms with Crippen LogP contribution in [0.1, 0.15) is 28.9 Å². The Labute approximate surface area is 127 Å². The van der Waals surface area contributed by atoms with Gasteiger partial charge < -0.3 is 10.0 Å². The first kappa shape index (κ1) is 15.3. The Balaban J connectivity index is 2.28. The van der Waals surface area contributed by atoms with E-state index in [0.717, 1.165) is 11.6 Å². The number of hydrogen-bond acceptors (Lipinski definition) is 2. The lowest BCUT2D eigenvalue weighted by molar-refractivity contribution is 0.0734. The molecule has 0 aliphatic heterocycles. The molecule has 1 atom stereocenters. The summed E-state index contributed by atoms with van der Waals surface area (Å²) in [5, 5.41) is 10.3. The number of amides is 1. The van der Waals surface area contributed by atoms with Crippen molar-refractivity contribution < 1.29 is 14.3 Å². The minimum Gasteiger partial charge on any atom is -0.507 e. The summed E-state index contributed by atoms with van der Waals surface area (Å²) in [5.74, 6) is -1.68. The smallest absolute Gasteiger partial charge is 0.260 e. The van der Waals surface area contributed by atoms with Crippen molar-refractivity contribution >= 4 is 17.5 Å². The van der Waals surface area contributed by atoms with Gasteiger partial charge in [-0.1, -0.05) is 29.8 Å². The second-order valence-electron chi connectivity index (χ2n) is 4.78. The van der Waals surface area contributed by atoms with Gasteiger partial charge in [0.1, 0.15) is 17.1 Å². The van der Waals surface area contributed by atoms with Crippen LogP contribution in [-0.4, -0.2) is 23.0 Å². The van der Waals surface area contributed by atoms with E-state index >= 15 is 0 Å². The predicted octanol–water partition coefficient (Wildman–Crippen LogP) is 4.02. The Hall–Kier alpha value is -2.07. The zero-order chi connectivity index (χ0) is 15.6. The van der Waals surface area contributed by atoms with Gasteiger partial charge in [0.2, 0.25) is 0 Å². The maximum absolute atomic E-state index is 13.8. The fourth-order valence-electron chi connectivity index (χ4n) is 2.04. The van der Waals surface area contributed by atoms with Gasteiger partial charge in [-0.15, -0.1) is 0 Å². The summed E-state index contributed by atoms with van der Waals surface area (Å²) in [4.78, 5) is 13.7. The molecule has 110 valence electrons. The predicted molar refractivity (Wildman–Crippen MR) is 80.0 cm³/mol. The molecular weight excluding hydrogens is 293 g/mol. The number of hydrogen-bond donors (Lipinski definition) is 1. The molecule has 3 nitrogen and oxygen atoms in total. The number of rotatable bonds is 3. The molecule has 1 unspecified atom stereocenters. The average molecular weight is 308 g/mol. The van der Waals surface area contributed by atoms with E-state index in [1.54, 1.807) is 31.3 Å². The van der Waals surface area contributed by atoms with Crippen molar-refractivity contribution in [3.8, 4) is 5.75 Å². The maximum atomic E-state index is 13.8. The molecule has 0 spiro atoms. The van der Waals surface area contributed by atoms with Gasteiger partial charge in [0.05, 0.1) is 6.04 Å². The highest BCUT2D eigenvalue weighted by atomic mass is 35.5. The van der Waals surface area contributed by atoms with Gasteiger partial charge in [-0.2, -0.15) is 0 Å². The summed E-state index contributed by atoms with van der Waals surface area (Å²) in [7, 11) is 1.56. The van der Waals surface area contributed by atoms with Crippen molar-refractivity contribution in [3.63, 3.8) is 0 Å². The van der Waals surface area contributed by atoms with Crippen LogP contribution in [0, 0.1) is 5.82 Å². The minimum absolute atomic E-state index is 0.284. The summed E-state index contributed by atoms with van der Waals surface area (Å²) in [6, 6.07) is 10.6. The topological polar surface area (TPSA) is 40.5 Å². The standard InChI is InChI=1S/C16H15ClFNO2/c1-10(11-6-8-12(17)9-7-11)19(2)16(21)15-13(18)4-3-5-14(15)20/h3-10,20H,1-2H3. The number of phenolic OH excluding ortho intramolecular Hbond substituents is 1. The van der Waals surface area contributed by atoms with Crippen LogP contribution in [0.2, 0.25) is 5.02 Å². The lowest BCUT2D eigenvalue weighted by atomic mass is 10.1. The van der Waals surface area contributed by atoms with Crippen LogP contribution < -0.4 is 0 Å². The Morgan fingerprint density at radius 3 is 2.43 bits per heavy atom. The van der Waals surface area contributed by atoms with E-state index in [2.05, 4.69) is 0 Å². The first-order valence-corrected chi connectivity index (χ1v) is 6.79. The number of aromatic hydroxyl groups is 1. The molecule has 0 radical (unpaired) electrons. The summed E-state index contributed by atoms with van der Waals surface area (Å²) >= 11 is 5.83. The van der Waals surface area contributed by atoms with Crippen LogP contribution in [0.25, 0.3) is 0 Å². The Bertz CT molecular complexity index is 638. The number of carbonyl (C=O) groups excluding carboxylic acids is 1. The van der Waals surface area contributed by atoms with Gasteiger partial charge in [-0.05, 0) is 36.8 Å². The SMILES string of the molecule is CC(c1ccc(Cl)cc1)N(C)C(=O)c1c(O)cccc1F. The van der Waals surface area contributed by atoms with Gasteiger partial charge in [-0.25, -0.2) is 4.39 Å². The average Bonchev–Trinajstić information content (AvgIpc) is 2.46. The molecule has 2 aromatic rings. The van der Waals surface area contributed by atoms with E-state index in [0.29, 0.717) is 5.02 Å². The van der Waals surface area contributed by atoms with Crippen LogP contribution in [0.4, 0.5) is 4.39 Å². The molecule has 1 N–H and O–H groups in total. The number of benzene rings is 2. The van der Waals surface area contributed by atoms with Crippen LogP contribution in [-0.2, 0) is 0 Å². The molecule has 21 heavy (non-hydrogen) atoms. The van der Waals surface area contributed by atoms with Gasteiger partial charge >= 0.3 is 0 Å². The van der Waals surface area contributed by atoms with Gasteiger partial charge in [0.15, 0.2) is 0 Å². The highest BCUT2D eigenvalue weighted by molar-refractivity contribution is 6.30. The summed E-state index contributed by atoms with van der Waals surface area (Å²) < 4.78 is 13.8. The van der Waals surface area contributed by atoms with Gasteiger partial charge in [0, 0.05) is 12.1 Å². The highest BCUT2D eigenvalue weighted by Gasteiger charge is 2.24. The number of phenols is 1. The zero-order valence-electron chi connectivity index (χ0n) is 11.7. The molecule has 2 aromatic carbocycles. The second kappa shape index (κ2) is 6.14. The quantitative estimate of drug-likeness (QED) is 0.930. The fraction of sp³-hybridized carbons (Fsp3) is 0.188. The van der Waals surface area contributed by atoms with Gasteiger partial charge in [-0.3, -0.25) is 4.79 Å². The van der Waals surface area contributed by atoms with Crippen LogP contribution >= 0.6 is 11.6 Å². The molecule has 0 bridgehead atoms. The lowest BCUT2D eigenvalue weighted by Gasteiger charge is -2.26. The van der Waals surface area contributed by atoms with Crippen molar-refractivity contribution in [3.05, 3.63) is 64.4 Å². The van der Waals surface area contributed by atoms with E-state index in [-0.39, 0.29) is 17.4 Å². The van der Waals surface area contributed by atoms with E-state index in [4.69, 9.17) is 11.6 Å². The molecule has 0 saturated carbocycles. The molecule has 0 aromatic heterocycles. The number of halogens is 2. The summed E-state index contributed by atoms with van der Waals surface area (Å²) in [6.07, 6.45) is 0. The first-order valence-electron chi connectivity index (χ1n) is 6.42. The van der Waals surface area contributed by atoms with E-state index in [9.17, 15) is 14.3 Å². The molecular formula is C16H15ClFNO2. The third-order valence-electron chi connectivity index (χ3n) is 3.46. The molecule has 0 heterocycles. The molecule has 1 amide bonds. The number of carbonyl (C=O) groups is 1.